The van der Waals surface area contributed by atoms with Crippen LogP contribution in [-0.2, 0) is 14.3 Å². The van der Waals surface area contributed by atoms with Gasteiger partial charge >= 0.3 is 5.97 Å². The zero-order chi connectivity index (χ0) is 25.3. The number of hydrogen-bond acceptors (Lipinski definition) is 9. The van der Waals surface area contributed by atoms with Gasteiger partial charge in [0.1, 0.15) is 17.7 Å². The third-order valence-electron chi connectivity index (χ3n) is 6.89. The molecule has 1 aliphatic carbocycles. The fourth-order valence-electron chi connectivity index (χ4n) is 4.57. The Balaban J connectivity index is 1.51. The van der Waals surface area contributed by atoms with Crippen LogP contribution in [0.25, 0.3) is 11.2 Å². The predicted molar refractivity (Wildman–Crippen MR) is 124 cm³/mol. The Labute approximate surface area is 201 Å². The summed E-state index contributed by atoms with van der Waals surface area (Å²) in [5, 5.41) is 32.8. The molecule has 6 N–H and O–H groups in total. The predicted octanol–water partition coefficient (Wildman–Crippen LogP) is 0.187. The summed E-state index contributed by atoms with van der Waals surface area (Å²) in [6.45, 7) is 3.88. The number of carboxylic acids is 1. The molecule has 4 atom stereocenters. The van der Waals surface area contributed by atoms with Crippen molar-refractivity contribution < 1.29 is 29.6 Å². The third kappa shape index (κ3) is 4.80. The average Bonchev–Trinajstić information content (AvgIpc) is 3.37. The number of nitrogen functional groups attached to an aromatic ring is 1. The summed E-state index contributed by atoms with van der Waals surface area (Å²) in [6.07, 6.45) is -0.416. The molecule has 2 aromatic rings. The summed E-state index contributed by atoms with van der Waals surface area (Å²) >= 11 is 0. The van der Waals surface area contributed by atoms with E-state index in [1.807, 2.05) is 0 Å². The number of nitrogens with two attached hydrogens (primary N) is 1. The van der Waals surface area contributed by atoms with Crippen molar-refractivity contribution in [1.82, 2.24) is 24.8 Å². The van der Waals surface area contributed by atoms with Crippen molar-refractivity contribution in [2.24, 2.45) is 11.3 Å². The number of nitrogens with one attached hydrogen (secondary N) is 1. The average molecular weight is 487 g/mol. The molecule has 0 bridgehead atoms. The Hall–Kier alpha value is -3.27. The van der Waals surface area contributed by atoms with E-state index in [0.717, 1.165) is 12.8 Å². The summed E-state index contributed by atoms with van der Waals surface area (Å²) in [6, 6.07) is 0. The lowest BCUT2D eigenvalue weighted by Gasteiger charge is -2.33. The highest BCUT2D eigenvalue weighted by Gasteiger charge is 2.47. The van der Waals surface area contributed by atoms with Crippen LogP contribution in [0.2, 0.25) is 0 Å². The monoisotopic (exact) mass is 486 g/mol. The van der Waals surface area contributed by atoms with Crippen molar-refractivity contribution in [3.8, 4) is 11.8 Å². The molecule has 1 saturated carbocycles. The van der Waals surface area contributed by atoms with Crippen LogP contribution < -0.4 is 11.1 Å². The van der Waals surface area contributed by atoms with Crippen molar-refractivity contribution >= 4 is 28.9 Å². The van der Waals surface area contributed by atoms with Crippen LogP contribution >= 0.6 is 0 Å². The first-order valence-corrected chi connectivity index (χ1v) is 11.7. The van der Waals surface area contributed by atoms with E-state index < -0.39 is 41.8 Å². The number of aromatic nitrogens is 4. The van der Waals surface area contributed by atoms with E-state index in [9.17, 15) is 24.9 Å². The van der Waals surface area contributed by atoms with Gasteiger partial charge in [-0.1, -0.05) is 5.92 Å². The van der Waals surface area contributed by atoms with E-state index in [4.69, 9.17) is 10.5 Å². The van der Waals surface area contributed by atoms with Gasteiger partial charge in [-0.05, 0) is 51.4 Å². The number of anilines is 1. The van der Waals surface area contributed by atoms with Gasteiger partial charge in [0.15, 0.2) is 23.8 Å². The number of nitrogens with zero attached hydrogens (tertiary/aromatic N) is 4. The lowest BCUT2D eigenvalue weighted by atomic mass is 9.71. The van der Waals surface area contributed by atoms with Crippen molar-refractivity contribution in [3.05, 3.63) is 12.2 Å². The maximum absolute atomic E-state index is 12.2. The third-order valence-corrected chi connectivity index (χ3v) is 6.89. The van der Waals surface area contributed by atoms with Gasteiger partial charge in [-0.25, -0.2) is 15.0 Å². The number of carbonyl (C=O) groups is 2. The summed E-state index contributed by atoms with van der Waals surface area (Å²) in [7, 11) is 0. The maximum atomic E-state index is 12.2. The fraction of sp³-hybridized carbons (Fsp3) is 0.609. The number of aliphatic carboxylic acids is 1. The SMILES string of the molecule is CCNC(=O)C1OC(n2cnc3c(N)nc(C#CCC4CCC(C)(C(=O)O)CC4)nc32)C(O)C1O. The van der Waals surface area contributed by atoms with Crippen molar-refractivity contribution in [3.63, 3.8) is 0 Å². The second-order valence-corrected chi connectivity index (χ2v) is 9.39. The minimum Gasteiger partial charge on any atom is -0.481 e. The summed E-state index contributed by atoms with van der Waals surface area (Å²) in [5.41, 5.74) is 5.92. The molecule has 2 aliphatic rings. The number of carboxylic acid groups (broad SMARTS) is 1. The van der Waals surface area contributed by atoms with Crippen molar-refractivity contribution in [2.45, 2.75) is 70.5 Å². The molecule has 1 amide bonds. The summed E-state index contributed by atoms with van der Waals surface area (Å²) in [5.74, 6) is 5.27. The summed E-state index contributed by atoms with van der Waals surface area (Å²) < 4.78 is 7.06. The van der Waals surface area contributed by atoms with E-state index in [2.05, 4.69) is 32.1 Å². The lowest BCUT2D eigenvalue weighted by molar-refractivity contribution is -0.150. The largest absolute Gasteiger partial charge is 0.481 e. The second-order valence-electron chi connectivity index (χ2n) is 9.39. The molecule has 35 heavy (non-hydrogen) atoms. The van der Waals surface area contributed by atoms with Crippen LogP contribution in [0.1, 0.15) is 58.0 Å². The van der Waals surface area contributed by atoms with Crippen LogP contribution in [0.5, 0.6) is 0 Å². The highest BCUT2D eigenvalue weighted by atomic mass is 16.6. The van der Waals surface area contributed by atoms with Gasteiger partial charge in [-0.3, -0.25) is 14.2 Å². The van der Waals surface area contributed by atoms with Crippen molar-refractivity contribution in [1.29, 1.82) is 0 Å². The van der Waals surface area contributed by atoms with Crippen LogP contribution in [0.15, 0.2) is 6.33 Å². The number of amides is 1. The van der Waals surface area contributed by atoms with Gasteiger partial charge < -0.3 is 31.1 Å². The molecule has 3 heterocycles. The fourth-order valence-corrected chi connectivity index (χ4v) is 4.57. The van der Waals surface area contributed by atoms with E-state index in [0.29, 0.717) is 31.7 Å². The summed E-state index contributed by atoms with van der Waals surface area (Å²) in [4.78, 5) is 36.4. The lowest BCUT2D eigenvalue weighted by Crippen LogP contribution is -2.42. The molecular formula is C23H30N6O6. The van der Waals surface area contributed by atoms with Crippen LogP contribution in [0.3, 0.4) is 0 Å². The van der Waals surface area contributed by atoms with Crippen LogP contribution in [0.4, 0.5) is 5.82 Å². The smallest absolute Gasteiger partial charge is 0.309 e. The Morgan fingerprint density at radius 2 is 2.00 bits per heavy atom. The van der Waals surface area contributed by atoms with Crippen LogP contribution in [-0.4, -0.2) is 71.6 Å². The number of hydrogen-bond donors (Lipinski definition) is 5. The Kier molecular flexibility index (Phi) is 6.93. The minimum absolute atomic E-state index is 0.0984. The number of fused-ring (bicyclic) bond motifs is 1. The number of rotatable bonds is 5. The highest BCUT2D eigenvalue weighted by Crippen LogP contribution is 2.39. The number of ether oxygens (including phenoxy) is 1. The minimum atomic E-state index is -1.43. The number of aliphatic hydroxyl groups is 2. The molecule has 0 radical (unpaired) electrons. The maximum Gasteiger partial charge on any atom is 0.309 e. The quantitative estimate of drug-likeness (QED) is 0.365. The number of likely N-dealkylation sites (N-methyl/N-ethyl adjacent to an activating group) is 1. The highest BCUT2D eigenvalue weighted by molar-refractivity contribution is 5.83. The standard InChI is InChI=1S/C23H30N6O6/c1-3-25-20(32)17-15(30)16(31)21(35-17)29-11-26-14-18(24)27-13(28-19(14)29)6-4-5-12-7-9-23(2,10-8-12)22(33)34/h11-12,15-17,21,30-31H,3,5,7-10H2,1-2H3,(H,25,32)(H,33,34)(H2,24,27,28). The zero-order valence-electron chi connectivity index (χ0n) is 19.6. The normalized spacial score (nSPS) is 30.6. The first-order valence-electron chi connectivity index (χ1n) is 11.7. The molecule has 1 saturated heterocycles. The molecule has 4 rings (SSSR count). The van der Waals surface area contributed by atoms with E-state index >= 15 is 0 Å². The van der Waals surface area contributed by atoms with E-state index in [1.165, 1.54) is 10.9 Å². The molecule has 4 unspecified atom stereocenters. The van der Waals surface area contributed by atoms with E-state index in [1.54, 1.807) is 13.8 Å². The van der Waals surface area contributed by atoms with Gasteiger partial charge in [0.25, 0.3) is 5.91 Å². The topological polar surface area (TPSA) is 186 Å². The van der Waals surface area contributed by atoms with Gasteiger partial charge in [-0.15, -0.1) is 0 Å². The second kappa shape index (κ2) is 9.77. The van der Waals surface area contributed by atoms with Gasteiger partial charge in [0.2, 0.25) is 5.82 Å². The van der Waals surface area contributed by atoms with E-state index in [-0.39, 0.29) is 22.8 Å². The molecule has 2 fully saturated rings. The molecule has 1 aliphatic heterocycles. The Bertz CT molecular complexity index is 1180. The molecule has 0 aromatic carbocycles. The Morgan fingerprint density at radius 1 is 1.29 bits per heavy atom. The number of aliphatic hydroxyl groups excluding tert-OH is 2. The Morgan fingerprint density at radius 3 is 2.66 bits per heavy atom. The first-order chi connectivity index (χ1) is 16.6. The molecular weight excluding hydrogens is 456 g/mol. The van der Waals surface area contributed by atoms with Gasteiger partial charge in [0, 0.05) is 13.0 Å². The number of carbonyl (C=O) groups excluding carboxylic acids is 1. The van der Waals surface area contributed by atoms with Gasteiger partial charge in [0.05, 0.1) is 11.7 Å². The zero-order valence-corrected chi connectivity index (χ0v) is 19.6. The molecule has 12 nitrogen and oxygen atoms in total. The molecule has 12 heteroatoms. The van der Waals surface area contributed by atoms with Crippen LogP contribution in [0, 0.1) is 23.2 Å². The number of imidazole rings is 1. The first kappa shape index (κ1) is 24.8. The molecule has 2 aromatic heterocycles. The molecule has 0 spiro atoms. The van der Waals surface area contributed by atoms with Gasteiger partial charge in [-0.2, -0.15) is 0 Å². The molecule has 188 valence electrons. The van der Waals surface area contributed by atoms with Crippen molar-refractivity contribution in [2.75, 3.05) is 12.3 Å².